The van der Waals surface area contributed by atoms with E-state index < -0.39 is 0 Å². The zero-order valence-corrected chi connectivity index (χ0v) is 15.9. The first kappa shape index (κ1) is 17.7. The highest BCUT2D eigenvalue weighted by atomic mass is 16.5. The highest BCUT2D eigenvalue weighted by Crippen LogP contribution is 2.56. The predicted molar refractivity (Wildman–Crippen MR) is 103 cm³/mol. The number of rotatable bonds is 6. The smallest absolute Gasteiger partial charge is 0.157 e. The maximum absolute atomic E-state index is 11.3. The van der Waals surface area contributed by atoms with Crippen molar-refractivity contribution in [2.24, 2.45) is 17.8 Å². The molecule has 5 rings (SSSR count). The molecule has 1 aromatic heterocycles. The third-order valence-electron chi connectivity index (χ3n) is 6.98. The van der Waals surface area contributed by atoms with Crippen LogP contribution in [0.15, 0.2) is 30.5 Å². The third-order valence-corrected chi connectivity index (χ3v) is 6.98. The molecule has 1 N–H and O–H groups in total. The standard InChI is InChI=1S/C22H26N2O4/c25-11-16-20(26)5-2-6-21(16)28-13-18-17-12-27-10-8-15(17)22(18)19-7-9-23-24(19)14-3-1-4-14/h2,5-7,9,11,14-15,17-18,22,26H,1,3-4,8,10,12-13H2. The number of phenols is 1. The Kier molecular flexibility index (Phi) is 4.59. The average Bonchev–Trinajstić information content (AvgIpc) is 3.09. The first-order chi connectivity index (χ1) is 13.8. The summed E-state index contributed by atoms with van der Waals surface area (Å²) in [6.45, 7) is 2.10. The van der Waals surface area contributed by atoms with Gasteiger partial charge in [-0.3, -0.25) is 9.48 Å². The van der Waals surface area contributed by atoms with E-state index in [-0.39, 0.29) is 11.3 Å². The summed E-state index contributed by atoms with van der Waals surface area (Å²) < 4.78 is 14.1. The summed E-state index contributed by atoms with van der Waals surface area (Å²) in [5.74, 6) is 2.21. The second-order valence-corrected chi connectivity index (χ2v) is 8.28. The summed E-state index contributed by atoms with van der Waals surface area (Å²) in [6, 6.07) is 7.66. The zero-order valence-electron chi connectivity index (χ0n) is 15.9. The molecular weight excluding hydrogens is 356 g/mol. The van der Waals surface area contributed by atoms with E-state index in [1.165, 1.54) is 31.0 Å². The van der Waals surface area contributed by atoms with Gasteiger partial charge in [0.25, 0.3) is 0 Å². The molecule has 148 valence electrons. The van der Waals surface area contributed by atoms with Gasteiger partial charge in [0.05, 0.1) is 24.8 Å². The fourth-order valence-corrected chi connectivity index (χ4v) is 5.26. The van der Waals surface area contributed by atoms with Crippen molar-refractivity contribution in [2.45, 2.75) is 37.6 Å². The highest BCUT2D eigenvalue weighted by molar-refractivity contribution is 5.83. The molecule has 28 heavy (non-hydrogen) atoms. The maximum atomic E-state index is 11.3. The van der Waals surface area contributed by atoms with Crippen LogP contribution in [0.5, 0.6) is 11.5 Å². The van der Waals surface area contributed by atoms with Crippen molar-refractivity contribution in [3.05, 3.63) is 41.7 Å². The van der Waals surface area contributed by atoms with Gasteiger partial charge in [-0.05, 0) is 55.7 Å². The molecule has 1 aliphatic heterocycles. The largest absolute Gasteiger partial charge is 0.507 e. The van der Waals surface area contributed by atoms with E-state index >= 15 is 0 Å². The second kappa shape index (κ2) is 7.24. The summed E-state index contributed by atoms with van der Waals surface area (Å²) in [5, 5.41) is 14.5. The molecule has 2 heterocycles. The normalized spacial score (nSPS) is 29.4. The van der Waals surface area contributed by atoms with E-state index in [1.807, 2.05) is 6.20 Å². The predicted octanol–water partition coefficient (Wildman–Crippen LogP) is 3.57. The molecule has 2 aliphatic carbocycles. The Morgan fingerprint density at radius 3 is 2.93 bits per heavy atom. The Balaban J connectivity index is 1.38. The van der Waals surface area contributed by atoms with E-state index in [4.69, 9.17) is 9.47 Å². The summed E-state index contributed by atoms with van der Waals surface area (Å²) >= 11 is 0. The van der Waals surface area contributed by atoms with E-state index in [9.17, 15) is 9.90 Å². The van der Waals surface area contributed by atoms with Gasteiger partial charge in [0.15, 0.2) is 6.29 Å². The van der Waals surface area contributed by atoms with Gasteiger partial charge in [0.1, 0.15) is 11.5 Å². The molecule has 2 saturated carbocycles. The molecule has 1 aromatic carbocycles. The Morgan fingerprint density at radius 1 is 1.25 bits per heavy atom. The van der Waals surface area contributed by atoms with Crippen LogP contribution >= 0.6 is 0 Å². The number of ether oxygens (including phenoxy) is 2. The maximum Gasteiger partial charge on any atom is 0.157 e. The Hall–Kier alpha value is -2.34. The number of phenolic OH excluding ortho intramolecular Hbond substituents is 1. The van der Waals surface area contributed by atoms with Crippen molar-refractivity contribution in [3.8, 4) is 11.5 Å². The lowest BCUT2D eigenvalue weighted by Gasteiger charge is -2.54. The number of carbonyl (C=O) groups is 1. The molecule has 0 bridgehead atoms. The summed E-state index contributed by atoms with van der Waals surface area (Å²) in [7, 11) is 0. The number of carbonyl (C=O) groups excluding carboxylic acids is 1. The molecule has 4 unspecified atom stereocenters. The van der Waals surface area contributed by atoms with Crippen LogP contribution in [0.4, 0.5) is 0 Å². The van der Waals surface area contributed by atoms with Gasteiger partial charge < -0.3 is 14.6 Å². The second-order valence-electron chi connectivity index (χ2n) is 8.28. The fraction of sp³-hybridized carbons (Fsp3) is 0.545. The van der Waals surface area contributed by atoms with Crippen LogP contribution < -0.4 is 4.74 Å². The molecule has 4 atom stereocenters. The van der Waals surface area contributed by atoms with Gasteiger partial charge in [-0.2, -0.15) is 5.10 Å². The van der Waals surface area contributed by atoms with Crippen LogP contribution in [0.25, 0.3) is 0 Å². The van der Waals surface area contributed by atoms with Gasteiger partial charge >= 0.3 is 0 Å². The Morgan fingerprint density at radius 2 is 2.14 bits per heavy atom. The van der Waals surface area contributed by atoms with Crippen molar-refractivity contribution in [2.75, 3.05) is 19.8 Å². The first-order valence-electron chi connectivity index (χ1n) is 10.3. The monoisotopic (exact) mass is 382 g/mol. The molecule has 3 fully saturated rings. The average molecular weight is 382 g/mol. The molecular formula is C22H26N2O4. The molecule has 0 spiro atoms. The lowest BCUT2D eigenvalue weighted by atomic mass is 9.54. The number of fused-ring (bicyclic) bond motifs is 1. The molecule has 3 aliphatic rings. The van der Waals surface area contributed by atoms with Crippen molar-refractivity contribution < 1.29 is 19.4 Å². The van der Waals surface area contributed by atoms with Crippen molar-refractivity contribution in [1.82, 2.24) is 9.78 Å². The highest BCUT2D eigenvalue weighted by Gasteiger charge is 2.53. The number of nitrogens with zero attached hydrogens (tertiary/aromatic N) is 2. The molecule has 0 amide bonds. The Labute approximate surface area is 164 Å². The quantitative estimate of drug-likeness (QED) is 0.773. The number of hydrogen-bond acceptors (Lipinski definition) is 5. The number of aldehydes is 1. The van der Waals surface area contributed by atoms with Crippen molar-refractivity contribution in [3.63, 3.8) is 0 Å². The summed E-state index contributed by atoms with van der Waals surface area (Å²) in [5.41, 5.74) is 1.54. The van der Waals surface area contributed by atoms with Crippen molar-refractivity contribution in [1.29, 1.82) is 0 Å². The number of aromatic hydroxyl groups is 1. The number of benzene rings is 1. The molecule has 2 aromatic rings. The molecule has 1 saturated heterocycles. The van der Waals surface area contributed by atoms with E-state index in [0.29, 0.717) is 48.4 Å². The van der Waals surface area contributed by atoms with Crippen LogP contribution in [-0.4, -0.2) is 41.0 Å². The molecule has 0 radical (unpaired) electrons. The minimum Gasteiger partial charge on any atom is -0.507 e. The van der Waals surface area contributed by atoms with E-state index in [0.717, 1.165) is 19.6 Å². The number of hydrogen-bond donors (Lipinski definition) is 1. The Bertz CT molecular complexity index is 860. The molecule has 6 heteroatoms. The van der Waals surface area contributed by atoms with Crippen LogP contribution in [0.1, 0.15) is 53.7 Å². The lowest BCUT2D eigenvalue weighted by molar-refractivity contribution is -0.108. The SMILES string of the molecule is O=Cc1c(O)cccc1OCC1C2COCCC2C1c1ccnn1C1CCC1. The van der Waals surface area contributed by atoms with Crippen LogP contribution in [0, 0.1) is 17.8 Å². The van der Waals surface area contributed by atoms with Gasteiger partial charge in [-0.1, -0.05) is 6.07 Å². The minimum atomic E-state index is -0.0420. The number of aromatic nitrogens is 2. The zero-order chi connectivity index (χ0) is 19.1. The van der Waals surface area contributed by atoms with Gasteiger partial charge in [-0.15, -0.1) is 0 Å². The van der Waals surface area contributed by atoms with Crippen LogP contribution in [0.3, 0.4) is 0 Å². The first-order valence-corrected chi connectivity index (χ1v) is 10.3. The molecule has 6 nitrogen and oxygen atoms in total. The summed E-state index contributed by atoms with van der Waals surface area (Å²) in [4.78, 5) is 11.3. The topological polar surface area (TPSA) is 73.6 Å². The fourth-order valence-electron chi connectivity index (χ4n) is 5.26. The van der Waals surface area contributed by atoms with Gasteiger partial charge in [0, 0.05) is 30.3 Å². The van der Waals surface area contributed by atoms with E-state index in [1.54, 1.807) is 12.1 Å². The van der Waals surface area contributed by atoms with Crippen LogP contribution in [-0.2, 0) is 4.74 Å². The van der Waals surface area contributed by atoms with Gasteiger partial charge in [-0.25, -0.2) is 0 Å². The summed E-state index contributed by atoms with van der Waals surface area (Å²) in [6.07, 6.45) is 7.37. The third kappa shape index (κ3) is 2.82. The van der Waals surface area contributed by atoms with Crippen LogP contribution in [0.2, 0.25) is 0 Å². The van der Waals surface area contributed by atoms with Gasteiger partial charge in [0.2, 0.25) is 0 Å². The van der Waals surface area contributed by atoms with Crippen molar-refractivity contribution >= 4 is 6.29 Å². The lowest BCUT2D eigenvalue weighted by Crippen LogP contribution is -2.53. The minimum absolute atomic E-state index is 0.0420. The van der Waals surface area contributed by atoms with E-state index in [2.05, 4.69) is 15.8 Å².